The summed E-state index contributed by atoms with van der Waals surface area (Å²) in [5.41, 5.74) is 1.82. The molecule has 0 aliphatic carbocycles. The molecular weight excluding hydrogens is 332 g/mol. The molecule has 1 N–H and O–H groups in total. The predicted octanol–water partition coefficient (Wildman–Crippen LogP) is 3.13. The quantitative estimate of drug-likeness (QED) is 0.773. The highest BCUT2D eigenvalue weighted by atomic mass is 32.1. The van der Waals surface area contributed by atoms with Crippen LogP contribution in [0.4, 0.5) is 0 Å². The Balaban J connectivity index is 1.39. The highest BCUT2D eigenvalue weighted by Gasteiger charge is 2.17. The number of piperidine rings is 1. The average molecular weight is 359 g/mol. The highest BCUT2D eigenvalue weighted by molar-refractivity contribution is 7.13. The molecule has 0 bridgehead atoms. The van der Waals surface area contributed by atoms with E-state index >= 15 is 0 Å². The molecule has 1 fully saturated rings. The van der Waals surface area contributed by atoms with Crippen molar-refractivity contribution in [2.24, 2.45) is 0 Å². The minimum absolute atomic E-state index is 0.0507. The van der Waals surface area contributed by atoms with Crippen molar-refractivity contribution in [1.29, 1.82) is 0 Å². The lowest BCUT2D eigenvalue weighted by Crippen LogP contribution is -2.39. The van der Waals surface area contributed by atoms with Crippen LogP contribution in [0.3, 0.4) is 0 Å². The van der Waals surface area contributed by atoms with Gasteiger partial charge in [0.05, 0.1) is 12.1 Å². The van der Waals surface area contributed by atoms with E-state index in [1.165, 1.54) is 25.8 Å². The van der Waals surface area contributed by atoms with Crippen LogP contribution in [0.25, 0.3) is 10.6 Å². The maximum absolute atomic E-state index is 12.1. The second kappa shape index (κ2) is 9.06. The van der Waals surface area contributed by atoms with E-state index in [1.807, 2.05) is 17.5 Å². The van der Waals surface area contributed by atoms with Crippen molar-refractivity contribution < 1.29 is 4.79 Å². The van der Waals surface area contributed by atoms with Crippen molar-refractivity contribution in [2.45, 2.75) is 45.1 Å². The third-order valence-corrected chi connectivity index (χ3v) is 5.63. The minimum atomic E-state index is 0.0507. The van der Waals surface area contributed by atoms with Crippen LogP contribution in [0.1, 0.15) is 38.3 Å². The van der Waals surface area contributed by atoms with Crippen LogP contribution in [0.2, 0.25) is 0 Å². The summed E-state index contributed by atoms with van der Waals surface area (Å²) < 4.78 is 0. The van der Waals surface area contributed by atoms with E-state index in [2.05, 4.69) is 27.1 Å². The zero-order chi connectivity index (χ0) is 17.5. The molecule has 3 heterocycles. The number of carbonyl (C=O) groups excluding carboxylic acids is 1. The fraction of sp³-hybridized carbons (Fsp3) is 0.526. The van der Waals surface area contributed by atoms with Gasteiger partial charge in [-0.05, 0) is 44.9 Å². The summed E-state index contributed by atoms with van der Waals surface area (Å²) >= 11 is 1.55. The topological polar surface area (TPSA) is 58.1 Å². The predicted molar refractivity (Wildman–Crippen MR) is 102 cm³/mol. The number of rotatable bonds is 7. The molecule has 1 aliphatic heterocycles. The summed E-state index contributed by atoms with van der Waals surface area (Å²) in [7, 11) is 0. The summed E-state index contributed by atoms with van der Waals surface area (Å²) in [4.78, 5) is 23.3. The van der Waals surface area contributed by atoms with Crippen LogP contribution in [-0.2, 0) is 11.2 Å². The minimum Gasteiger partial charge on any atom is -0.356 e. The maximum Gasteiger partial charge on any atom is 0.226 e. The normalized spacial score (nSPS) is 18.2. The van der Waals surface area contributed by atoms with Crippen LogP contribution in [0.5, 0.6) is 0 Å². The molecule has 2 aromatic rings. The first-order valence-corrected chi connectivity index (χ1v) is 9.96. The Morgan fingerprint density at radius 1 is 1.44 bits per heavy atom. The third kappa shape index (κ3) is 5.34. The van der Waals surface area contributed by atoms with E-state index in [4.69, 9.17) is 0 Å². The summed E-state index contributed by atoms with van der Waals surface area (Å²) in [6.07, 6.45) is 8.85. The Morgan fingerprint density at radius 2 is 2.36 bits per heavy atom. The fourth-order valence-corrected chi connectivity index (χ4v) is 4.05. The van der Waals surface area contributed by atoms with Gasteiger partial charge in [0.15, 0.2) is 0 Å². The number of nitrogens with one attached hydrogen (secondary N) is 1. The van der Waals surface area contributed by atoms with Gasteiger partial charge in [-0.3, -0.25) is 9.78 Å². The van der Waals surface area contributed by atoms with Crippen LogP contribution in [0.15, 0.2) is 29.9 Å². The van der Waals surface area contributed by atoms with Gasteiger partial charge in [-0.2, -0.15) is 0 Å². The van der Waals surface area contributed by atoms with E-state index in [1.54, 1.807) is 23.7 Å². The molecule has 1 saturated heterocycles. The molecule has 25 heavy (non-hydrogen) atoms. The van der Waals surface area contributed by atoms with Gasteiger partial charge < -0.3 is 10.2 Å². The van der Waals surface area contributed by atoms with Gasteiger partial charge in [-0.25, -0.2) is 4.98 Å². The third-order valence-electron chi connectivity index (χ3n) is 4.69. The molecule has 6 heteroatoms. The molecule has 134 valence electrons. The van der Waals surface area contributed by atoms with E-state index in [9.17, 15) is 4.79 Å². The van der Waals surface area contributed by atoms with Gasteiger partial charge in [-0.15, -0.1) is 11.3 Å². The largest absolute Gasteiger partial charge is 0.356 e. The Bertz CT molecular complexity index is 673. The Hall–Kier alpha value is -1.79. The average Bonchev–Trinajstić information content (AvgIpc) is 3.09. The highest BCUT2D eigenvalue weighted by Crippen LogP contribution is 2.22. The lowest BCUT2D eigenvalue weighted by atomic mass is 10.0. The molecule has 0 saturated carbocycles. The van der Waals surface area contributed by atoms with Crippen LogP contribution in [0, 0.1) is 0 Å². The fourth-order valence-electron chi connectivity index (χ4n) is 3.24. The lowest BCUT2D eigenvalue weighted by molar-refractivity contribution is -0.120. The monoisotopic (exact) mass is 358 g/mol. The Labute approximate surface area is 153 Å². The van der Waals surface area contributed by atoms with Crippen LogP contribution >= 0.6 is 11.3 Å². The molecular formula is C19H26N4OS. The molecule has 0 aromatic carbocycles. The van der Waals surface area contributed by atoms with Gasteiger partial charge >= 0.3 is 0 Å². The van der Waals surface area contributed by atoms with Gasteiger partial charge in [0.1, 0.15) is 5.01 Å². The molecule has 3 rings (SSSR count). The van der Waals surface area contributed by atoms with E-state index < -0.39 is 0 Å². The second-order valence-electron chi connectivity index (χ2n) is 6.65. The number of aromatic nitrogens is 2. The Morgan fingerprint density at radius 3 is 3.16 bits per heavy atom. The number of pyridine rings is 1. The number of carbonyl (C=O) groups is 1. The number of thiazole rings is 1. The molecule has 0 radical (unpaired) electrons. The van der Waals surface area contributed by atoms with E-state index in [0.717, 1.165) is 35.8 Å². The van der Waals surface area contributed by atoms with Gasteiger partial charge in [0.2, 0.25) is 5.91 Å². The molecule has 1 atom stereocenters. The lowest BCUT2D eigenvalue weighted by Gasteiger charge is -2.33. The summed E-state index contributed by atoms with van der Waals surface area (Å²) in [6.45, 7) is 5.32. The molecule has 5 nitrogen and oxygen atoms in total. The zero-order valence-electron chi connectivity index (χ0n) is 14.8. The summed E-state index contributed by atoms with van der Waals surface area (Å²) in [6, 6.07) is 4.56. The van der Waals surface area contributed by atoms with Gasteiger partial charge in [0, 0.05) is 42.5 Å². The first kappa shape index (κ1) is 18.0. The molecule has 0 spiro atoms. The number of hydrogen-bond donors (Lipinski definition) is 1. The first-order valence-electron chi connectivity index (χ1n) is 9.08. The smallest absolute Gasteiger partial charge is 0.226 e. The van der Waals surface area contributed by atoms with E-state index in [0.29, 0.717) is 12.5 Å². The van der Waals surface area contributed by atoms with Crippen LogP contribution in [-0.4, -0.2) is 46.5 Å². The van der Waals surface area contributed by atoms with Crippen molar-refractivity contribution in [3.8, 4) is 10.6 Å². The van der Waals surface area contributed by atoms with Crippen molar-refractivity contribution in [3.05, 3.63) is 35.6 Å². The summed E-state index contributed by atoms with van der Waals surface area (Å²) in [5, 5.41) is 5.89. The standard InChI is InChI=1S/C19H26N4OS/c1-15-6-2-3-10-23(15)11-5-9-21-18(24)12-17-14-25-19(22-17)16-7-4-8-20-13-16/h4,7-8,13-15H,2-3,5-6,9-12H2,1H3,(H,21,24). The van der Waals surface area contributed by atoms with Gasteiger partial charge in [0.25, 0.3) is 0 Å². The second-order valence-corrected chi connectivity index (χ2v) is 7.50. The van der Waals surface area contributed by atoms with E-state index in [-0.39, 0.29) is 5.91 Å². The van der Waals surface area contributed by atoms with Crippen molar-refractivity contribution >= 4 is 17.2 Å². The molecule has 2 aromatic heterocycles. The molecule has 1 amide bonds. The zero-order valence-corrected chi connectivity index (χ0v) is 15.6. The number of nitrogens with zero attached hydrogens (tertiary/aromatic N) is 3. The molecule has 1 unspecified atom stereocenters. The summed E-state index contributed by atoms with van der Waals surface area (Å²) in [5.74, 6) is 0.0507. The van der Waals surface area contributed by atoms with Crippen molar-refractivity contribution in [2.75, 3.05) is 19.6 Å². The Kier molecular flexibility index (Phi) is 6.53. The number of amides is 1. The maximum atomic E-state index is 12.1. The van der Waals surface area contributed by atoms with Crippen molar-refractivity contribution in [3.63, 3.8) is 0 Å². The number of likely N-dealkylation sites (tertiary alicyclic amines) is 1. The van der Waals surface area contributed by atoms with Crippen molar-refractivity contribution in [1.82, 2.24) is 20.2 Å². The first-order chi connectivity index (χ1) is 12.2. The van der Waals surface area contributed by atoms with Crippen LogP contribution < -0.4 is 5.32 Å². The van der Waals surface area contributed by atoms with Gasteiger partial charge in [-0.1, -0.05) is 6.42 Å². The number of hydrogen-bond acceptors (Lipinski definition) is 5. The molecule has 1 aliphatic rings. The SMILES string of the molecule is CC1CCCCN1CCCNC(=O)Cc1csc(-c2cccnc2)n1.